The number of aromatic nitrogens is 2. The Hall–Kier alpha value is -1.92. The van der Waals surface area contributed by atoms with E-state index in [0.717, 1.165) is 21.7 Å². The maximum absolute atomic E-state index is 13.0. The summed E-state index contributed by atoms with van der Waals surface area (Å²) in [5.74, 6) is -0.383. The topological polar surface area (TPSA) is 95.2 Å². The second-order valence-corrected chi connectivity index (χ2v) is 9.20. The van der Waals surface area contributed by atoms with Crippen molar-refractivity contribution in [2.24, 2.45) is 0 Å². The average Bonchev–Trinajstić information content (AvgIpc) is 3.31. The van der Waals surface area contributed by atoms with E-state index in [9.17, 15) is 26.4 Å². The highest BCUT2D eigenvalue weighted by Gasteiger charge is 2.40. The van der Waals surface area contributed by atoms with E-state index in [4.69, 9.17) is 0 Å². The normalized spacial score (nSPS) is 18.8. The van der Waals surface area contributed by atoms with Crippen molar-refractivity contribution in [1.82, 2.24) is 19.8 Å². The molecule has 7 nitrogen and oxygen atoms in total. The number of carbonyl (C=O) groups is 1. The van der Waals surface area contributed by atoms with Crippen LogP contribution in [-0.2, 0) is 21.0 Å². The second-order valence-electron chi connectivity index (χ2n) is 6.08. The van der Waals surface area contributed by atoms with E-state index in [1.54, 1.807) is 6.92 Å². The van der Waals surface area contributed by atoms with Crippen molar-refractivity contribution in [2.75, 3.05) is 13.6 Å². The molecular formula is C15H17F3N4O3S2. The molecule has 2 aromatic rings. The minimum Gasteiger partial charge on any atom is -0.358 e. The molecule has 27 heavy (non-hydrogen) atoms. The number of rotatable bonds is 4. The molecule has 1 fully saturated rings. The third kappa shape index (κ3) is 3.60. The minimum absolute atomic E-state index is 0.0150. The van der Waals surface area contributed by atoms with Gasteiger partial charge >= 0.3 is 6.18 Å². The second kappa shape index (κ2) is 6.91. The average molecular weight is 422 g/mol. The molecule has 0 bridgehead atoms. The van der Waals surface area contributed by atoms with Crippen LogP contribution in [-0.4, -0.2) is 48.5 Å². The largest absolute Gasteiger partial charge is 0.432 e. The lowest BCUT2D eigenvalue weighted by Crippen LogP contribution is -2.44. The number of nitrogens with one attached hydrogen (secondary N) is 2. The molecule has 0 spiro atoms. The Kier molecular flexibility index (Phi) is 5.08. The van der Waals surface area contributed by atoms with Gasteiger partial charge in [-0.1, -0.05) is 0 Å². The van der Waals surface area contributed by atoms with Crippen molar-refractivity contribution in [3.8, 4) is 10.6 Å². The number of aryl methyl sites for hydroxylation is 1. The highest BCUT2D eigenvalue weighted by Crippen LogP contribution is 2.37. The predicted octanol–water partition coefficient (Wildman–Crippen LogP) is 2.36. The maximum Gasteiger partial charge on any atom is 0.432 e. The van der Waals surface area contributed by atoms with Crippen molar-refractivity contribution in [3.63, 3.8) is 0 Å². The van der Waals surface area contributed by atoms with E-state index in [0.29, 0.717) is 22.6 Å². The summed E-state index contributed by atoms with van der Waals surface area (Å²) >= 11 is 1.04. The number of thiophene rings is 1. The zero-order chi connectivity index (χ0) is 20.0. The highest BCUT2D eigenvalue weighted by molar-refractivity contribution is 7.89. The Labute approximate surface area is 157 Å². The van der Waals surface area contributed by atoms with Crippen LogP contribution in [0.5, 0.6) is 0 Å². The molecule has 2 N–H and O–H groups in total. The summed E-state index contributed by atoms with van der Waals surface area (Å²) in [5, 5.41) is 8.01. The summed E-state index contributed by atoms with van der Waals surface area (Å²) < 4.78 is 65.4. The molecule has 1 aliphatic heterocycles. The molecule has 148 valence electrons. The molecule has 1 aliphatic rings. The smallest absolute Gasteiger partial charge is 0.358 e. The number of hydrogen-bond donors (Lipinski definition) is 2. The summed E-state index contributed by atoms with van der Waals surface area (Å²) in [6.45, 7) is 1.79. The summed E-state index contributed by atoms with van der Waals surface area (Å²) in [4.78, 5) is 12.7. The van der Waals surface area contributed by atoms with E-state index >= 15 is 0 Å². The van der Waals surface area contributed by atoms with Gasteiger partial charge in [0.1, 0.15) is 17.4 Å². The Balaban J connectivity index is 1.96. The number of hydrogen-bond acceptors (Lipinski definition) is 5. The van der Waals surface area contributed by atoms with Crippen molar-refractivity contribution < 1.29 is 26.4 Å². The van der Waals surface area contributed by atoms with Crippen LogP contribution < -0.4 is 5.32 Å². The van der Waals surface area contributed by atoms with E-state index in [1.165, 1.54) is 13.1 Å². The van der Waals surface area contributed by atoms with Gasteiger partial charge in [-0.25, -0.2) is 8.42 Å². The van der Waals surface area contributed by atoms with Gasteiger partial charge in [0.05, 0.1) is 9.77 Å². The summed E-state index contributed by atoms with van der Waals surface area (Å²) in [7, 11) is -2.52. The van der Waals surface area contributed by atoms with Crippen LogP contribution in [0.1, 0.15) is 23.4 Å². The number of carbonyl (C=O) groups excluding carboxylic acids is 1. The van der Waals surface area contributed by atoms with Crippen molar-refractivity contribution >= 4 is 27.3 Å². The molecule has 0 aromatic carbocycles. The summed E-state index contributed by atoms with van der Waals surface area (Å²) in [6.07, 6.45) is -3.59. The first-order chi connectivity index (χ1) is 12.6. The highest BCUT2D eigenvalue weighted by atomic mass is 32.2. The lowest BCUT2D eigenvalue weighted by atomic mass is 10.2. The molecule has 12 heteroatoms. The van der Waals surface area contributed by atoms with Gasteiger partial charge in [-0.15, -0.1) is 11.3 Å². The van der Waals surface area contributed by atoms with Crippen LogP contribution in [0, 0.1) is 6.92 Å². The molecule has 3 rings (SSSR count). The number of H-pyrrole nitrogens is 1. The first kappa shape index (κ1) is 19.8. The van der Waals surface area contributed by atoms with E-state index in [1.807, 2.05) is 5.10 Å². The molecule has 0 radical (unpaired) electrons. The van der Waals surface area contributed by atoms with E-state index < -0.39 is 27.9 Å². The number of halogens is 3. The number of amides is 1. The van der Waals surface area contributed by atoms with Crippen LogP contribution in [0.2, 0.25) is 0 Å². The lowest BCUT2D eigenvalue weighted by molar-refractivity contribution is -0.141. The number of sulfonamides is 1. The third-order valence-electron chi connectivity index (χ3n) is 4.35. The molecule has 0 unspecified atom stereocenters. The number of alkyl halides is 3. The fourth-order valence-corrected chi connectivity index (χ4v) is 6.20. The van der Waals surface area contributed by atoms with Gasteiger partial charge in [-0.2, -0.15) is 22.6 Å². The zero-order valence-electron chi connectivity index (χ0n) is 14.4. The Morgan fingerprint density at radius 1 is 1.41 bits per heavy atom. The quantitative estimate of drug-likeness (QED) is 0.791. The molecule has 1 amide bonds. The SMILES string of the molecule is CNC(=O)[C@H]1CCCN1S(=O)(=O)c1cc(-c2cc(C(F)(F)F)[nH]n2)sc1C. The number of likely N-dealkylation sites (N-methyl/N-ethyl adjacent to an activating group) is 1. The lowest BCUT2D eigenvalue weighted by Gasteiger charge is -2.22. The van der Waals surface area contributed by atoms with Gasteiger partial charge in [0.2, 0.25) is 15.9 Å². The third-order valence-corrected chi connectivity index (χ3v) is 7.58. The summed E-state index contributed by atoms with van der Waals surface area (Å²) in [6, 6.07) is 1.36. The molecule has 3 heterocycles. The van der Waals surface area contributed by atoms with Gasteiger partial charge < -0.3 is 5.32 Å². The molecule has 1 saturated heterocycles. The van der Waals surface area contributed by atoms with Gasteiger partial charge in [0.25, 0.3) is 0 Å². The van der Waals surface area contributed by atoms with E-state index in [-0.39, 0.29) is 23.0 Å². The maximum atomic E-state index is 13.0. The zero-order valence-corrected chi connectivity index (χ0v) is 16.1. The van der Waals surface area contributed by atoms with Gasteiger partial charge in [-0.3, -0.25) is 9.89 Å². The standard InChI is InChI=1S/C15H17F3N4O3S2/c1-8-12(27(24,25)22-5-3-4-10(22)14(23)19-2)7-11(26-8)9-6-13(21-20-9)15(16,17)18/h6-7,10H,3-5H2,1-2H3,(H,19,23)(H,20,21)/t10-/m1/s1. The van der Waals surface area contributed by atoms with Gasteiger partial charge in [0.15, 0.2) is 0 Å². The summed E-state index contributed by atoms with van der Waals surface area (Å²) in [5.41, 5.74) is -0.992. The molecule has 0 saturated carbocycles. The fraction of sp³-hybridized carbons (Fsp3) is 0.467. The first-order valence-electron chi connectivity index (χ1n) is 8.02. The fourth-order valence-electron chi connectivity index (χ4n) is 3.02. The van der Waals surface area contributed by atoms with Gasteiger partial charge in [-0.05, 0) is 31.9 Å². The predicted molar refractivity (Wildman–Crippen MR) is 92.6 cm³/mol. The van der Waals surface area contributed by atoms with E-state index in [2.05, 4.69) is 10.4 Å². The molecule has 2 aromatic heterocycles. The molecule has 1 atom stereocenters. The van der Waals surface area contributed by atoms with Crippen LogP contribution in [0.25, 0.3) is 10.6 Å². The number of aromatic amines is 1. The van der Waals surface area contributed by atoms with Crippen molar-refractivity contribution in [1.29, 1.82) is 0 Å². The van der Waals surface area contributed by atoms with Crippen molar-refractivity contribution in [2.45, 2.75) is 36.9 Å². The van der Waals surface area contributed by atoms with Crippen molar-refractivity contribution in [3.05, 3.63) is 22.7 Å². The minimum atomic E-state index is -4.57. The van der Waals surface area contributed by atoms with Crippen LogP contribution >= 0.6 is 11.3 Å². The monoisotopic (exact) mass is 422 g/mol. The number of nitrogens with zero attached hydrogens (tertiary/aromatic N) is 2. The first-order valence-corrected chi connectivity index (χ1v) is 10.3. The van der Waals surface area contributed by atoms with Crippen LogP contribution in [0.3, 0.4) is 0 Å². The van der Waals surface area contributed by atoms with Gasteiger partial charge in [0, 0.05) is 18.5 Å². The Morgan fingerprint density at radius 2 is 2.11 bits per heavy atom. The van der Waals surface area contributed by atoms with Crippen LogP contribution in [0.4, 0.5) is 13.2 Å². The Morgan fingerprint density at radius 3 is 2.70 bits per heavy atom. The van der Waals surface area contributed by atoms with Crippen LogP contribution in [0.15, 0.2) is 17.0 Å². The molecule has 0 aliphatic carbocycles. The molecular weight excluding hydrogens is 405 g/mol. The Bertz CT molecular complexity index is 965.